The summed E-state index contributed by atoms with van der Waals surface area (Å²) in [6.45, 7) is 0. The third-order valence-electron chi connectivity index (χ3n) is 9.54. The Labute approximate surface area is 292 Å². The Morgan fingerprint density at radius 2 is 1.04 bits per heavy atom. The molecule has 0 bridgehead atoms. The van der Waals surface area contributed by atoms with Gasteiger partial charge in [-0.15, -0.1) is 11.3 Å². The molecule has 4 heteroatoms. The average Bonchev–Trinajstić information content (AvgIpc) is 3.77. The zero-order valence-corrected chi connectivity index (χ0v) is 27.7. The second kappa shape index (κ2) is 11.7. The molecule has 10 rings (SSSR count). The van der Waals surface area contributed by atoms with Crippen LogP contribution >= 0.6 is 11.3 Å². The Bertz CT molecular complexity index is 2870. The van der Waals surface area contributed by atoms with Crippen LogP contribution in [0.4, 0.5) is 0 Å². The van der Waals surface area contributed by atoms with E-state index in [4.69, 9.17) is 14.4 Å². The Morgan fingerprint density at radius 1 is 0.420 bits per heavy atom. The molecule has 0 aliphatic heterocycles. The summed E-state index contributed by atoms with van der Waals surface area (Å²) in [5.41, 5.74) is 11.0. The van der Waals surface area contributed by atoms with Gasteiger partial charge in [-0.25, -0.2) is 9.97 Å². The fraction of sp³-hybridized carbons (Fsp3) is 0. The Morgan fingerprint density at radius 3 is 1.88 bits per heavy atom. The first-order valence-corrected chi connectivity index (χ1v) is 17.6. The van der Waals surface area contributed by atoms with Crippen LogP contribution in [0.15, 0.2) is 174 Å². The molecule has 50 heavy (non-hydrogen) atoms. The lowest BCUT2D eigenvalue weighted by atomic mass is 9.95. The summed E-state index contributed by atoms with van der Waals surface area (Å²) in [5, 5.41) is 4.60. The molecule has 0 spiro atoms. The quantitative estimate of drug-likeness (QED) is 0.185. The highest BCUT2D eigenvalue weighted by molar-refractivity contribution is 7.26. The van der Waals surface area contributed by atoms with Crippen LogP contribution < -0.4 is 0 Å². The third kappa shape index (κ3) is 4.65. The van der Waals surface area contributed by atoms with Crippen molar-refractivity contribution in [3.63, 3.8) is 0 Å². The van der Waals surface area contributed by atoms with Gasteiger partial charge in [0, 0.05) is 58.8 Å². The van der Waals surface area contributed by atoms with Crippen molar-refractivity contribution in [1.82, 2.24) is 9.97 Å². The predicted octanol–water partition coefficient (Wildman–Crippen LogP) is 13.1. The van der Waals surface area contributed by atoms with E-state index >= 15 is 0 Å². The minimum absolute atomic E-state index is 0.660. The molecule has 3 aromatic heterocycles. The molecule has 0 N–H and O–H groups in total. The summed E-state index contributed by atoms with van der Waals surface area (Å²) in [6, 6.07) is 59.4. The van der Waals surface area contributed by atoms with Crippen molar-refractivity contribution >= 4 is 53.4 Å². The zero-order chi connectivity index (χ0) is 33.0. The highest BCUT2D eigenvalue weighted by Gasteiger charge is 2.22. The maximum absolute atomic E-state index is 6.78. The van der Waals surface area contributed by atoms with E-state index in [-0.39, 0.29) is 0 Å². The molecule has 0 fully saturated rings. The van der Waals surface area contributed by atoms with Gasteiger partial charge in [-0.1, -0.05) is 140 Å². The van der Waals surface area contributed by atoms with E-state index in [1.807, 2.05) is 35.6 Å². The van der Waals surface area contributed by atoms with Crippen LogP contribution in [0.2, 0.25) is 0 Å². The van der Waals surface area contributed by atoms with E-state index in [9.17, 15) is 0 Å². The number of para-hydroxylation sites is 1. The smallest absolute Gasteiger partial charge is 0.161 e. The molecule has 7 aromatic carbocycles. The van der Waals surface area contributed by atoms with Gasteiger partial charge in [-0.05, 0) is 41.5 Å². The number of furan rings is 1. The largest absolute Gasteiger partial charge is 0.455 e. The van der Waals surface area contributed by atoms with E-state index in [0.717, 1.165) is 72.3 Å². The number of benzene rings is 7. The number of nitrogens with zero attached hydrogens (tertiary/aromatic N) is 2. The molecule has 0 aliphatic rings. The molecule has 0 aliphatic carbocycles. The van der Waals surface area contributed by atoms with Crippen LogP contribution in [0.5, 0.6) is 0 Å². The first-order valence-electron chi connectivity index (χ1n) is 16.7. The van der Waals surface area contributed by atoms with Gasteiger partial charge in [-0.3, -0.25) is 0 Å². The minimum Gasteiger partial charge on any atom is -0.455 e. The van der Waals surface area contributed by atoms with Crippen LogP contribution in [0, 0.1) is 0 Å². The standard InChI is InChI=1S/C46H28N2OS/c1-3-14-29(15-4-1)31-18-7-8-19-32(31)40-28-39(30-16-5-2-6-17-30)47-46(48-40)38-27-26-34(44-43(38)37-21-9-11-24-41(37)49-44)36-23-13-22-35-33-20-10-12-25-42(33)50-45(35)36/h1-28H. The molecule has 0 atom stereocenters. The fourth-order valence-electron chi connectivity index (χ4n) is 7.22. The van der Waals surface area contributed by atoms with Gasteiger partial charge in [0.05, 0.1) is 11.4 Å². The first kappa shape index (κ1) is 28.6. The van der Waals surface area contributed by atoms with E-state index in [0.29, 0.717) is 5.82 Å². The summed E-state index contributed by atoms with van der Waals surface area (Å²) in [5.74, 6) is 0.660. The van der Waals surface area contributed by atoms with Gasteiger partial charge >= 0.3 is 0 Å². The van der Waals surface area contributed by atoms with E-state index in [1.54, 1.807) is 0 Å². The van der Waals surface area contributed by atoms with Crippen molar-refractivity contribution < 1.29 is 4.42 Å². The maximum Gasteiger partial charge on any atom is 0.161 e. The topological polar surface area (TPSA) is 38.9 Å². The van der Waals surface area contributed by atoms with Gasteiger partial charge in [0.2, 0.25) is 0 Å². The van der Waals surface area contributed by atoms with Crippen LogP contribution in [0.1, 0.15) is 0 Å². The third-order valence-corrected chi connectivity index (χ3v) is 10.8. The molecular weight excluding hydrogens is 629 g/mol. The number of hydrogen-bond acceptors (Lipinski definition) is 4. The van der Waals surface area contributed by atoms with Gasteiger partial charge in [0.25, 0.3) is 0 Å². The number of aromatic nitrogens is 2. The summed E-state index contributed by atoms with van der Waals surface area (Å²) in [4.78, 5) is 10.6. The number of fused-ring (bicyclic) bond motifs is 6. The minimum atomic E-state index is 0.660. The summed E-state index contributed by atoms with van der Waals surface area (Å²) >= 11 is 1.83. The summed E-state index contributed by atoms with van der Waals surface area (Å²) < 4.78 is 9.31. The lowest BCUT2D eigenvalue weighted by Gasteiger charge is -2.14. The van der Waals surface area contributed by atoms with Crippen LogP contribution in [-0.2, 0) is 0 Å². The maximum atomic E-state index is 6.78. The summed E-state index contributed by atoms with van der Waals surface area (Å²) in [7, 11) is 0. The first-order chi connectivity index (χ1) is 24.8. The van der Waals surface area contributed by atoms with E-state index < -0.39 is 0 Å². The Hall–Kier alpha value is -6.36. The van der Waals surface area contributed by atoms with Crippen molar-refractivity contribution in [2.75, 3.05) is 0 Å². The fourth-order valence-corrected chi connectivity index (χ4v) is 8.45. The van der Waals surface area contributed by atoms with E-state index in [1.165, 1.54) is 20.2 Å². The molecule has 0 saturated heterocycles. The lowest BCUT2D eigenvalue weighted by Crippen LogP contribution is -1.97. The highest BCUT2D eigenvalue weighted by atomic mass is 32.1. The number of rotatable bonds is 5. The van der Waals surface area contributed by atoms with Crippen molar-refractivity contribution in [1.29, 1.82) is 0 Å². The lowest BCUT2D eigenvalue weighted by molar-refractivity contribution is 0.670. The van der Waals surface area contributed by atoms with Crippen molar-refractivity contribution in [2.45, 2.75) is 0 Å². The molecule has 0 radical (unpaired) electrons. The average molecular weight is 657 g/mol. The zero-order valence-electron chi connectivity index (χ0n) is 26.9. The number of thiophene rings is 1. The van der Waals surface area contributed by atoms with Crippen LogP contribution in [0.3, 0.4) is 0 Å². The van der Waals surface area contributed by atoms with E-state index in [2.05, 4.69) is 146 Å². The molecule has 3 heterocycles. The monoisotopic (exact) mass is 656 g/mol. The van der Waals surface area contributed by atoms with Crippen molar-refractivity contribution in [3.8, 4) is 56.2 Å². The van der Waals surface area contributed by atoms with Crippen LogP contribution in [0.25, 0.3) is 98.3 Å². The van der Waals surface area contributed by atoms with Gasteiger partial charge in [0.15, 0.2) is 5.82 Å². The molecule has 10 aromatic rings. The predicted molar refractivity (Wildman–Crippen MR) is 209 cm³/mol. The summed E-state index contributed by atoms with van der Waals surface area (Å²) in [6.07, 6.45) is 0. The molecular formula is C46H28N2OS. The van der Waals surface area contributed by atoms with Gasteiger partial charge in [0.1, 0.15) is 11.2 Å². The second-order valence-electron chi connectivity index (χ2n) is 12.5. The van der Waals surface area contributed by atoms with Gasteiger partial charge in [-0.2, -0.15) is 0 Å². The molecule has 0 saturated carbocycles. The molecule has 0 unspecified atom stereocenters. The second-order valence-corrected chi connectivity index (χ2v) is 13.5. The Balaban J connectivity index is 1.25. The highest BCUT2D eigenvalue weighted by Crippen LogP contribution is 2.46. The number of hydrogen-bond donors (Lipinski definition) is 0. The SMILES string of the molecule is c1ccc(-c2cc(-c3ccccc3-c3ccccc3)nc(-c3ccc(-c4cccc5c4sc4ccccc45)c4oc5ccccc5c34)n2)cc1. The van der Waals surface area contributed by atoms with Crippen LogP contribution in [-0.4, -0.2) is 9.97 Å². The normalized spacial score (nSPS) is 11.6. The molecule has 0 amide bonds. The molecule has 3 nitrogen and oxygen atoms in total. The Kier molecular flexibility index (Phi) is 6.68. The molecule has 234 valence electrons. The van der Waals surface area contributed by atoms with Crippen molar-refractivity contribution in [2.24, 2.45) is 0 Å². The van der Waals surface area contributed by atoms with Gasteiger partial charge < -0.3 is 4.42 Å². The van der Waals surface area contributed by atoms with Crippen molar-refractivity contribution in [3.05, 3.63) is 170 Å².